The minimum absolute atomic E-state index is 0.332. The van der Waals surface area contributed by atoms with Crippen LogP contribution in [0.15, 0.2) is 41.5 Å². The molecule has 94 valence electrons. The molecule has 0 saturated carbocycles. The van der Waals surface area contributed by atoms with Crippen molar-refractivity contribution < 1.29 is 0 Å². The fourth-order valence-electron chi connectivity index (χ4n) is 1.37. The van der Waals surface area contributed by atoms with Crippen molar-refractivity contribution in [1.29, 1.82) is 5.26 Å². The predicted molar refractivity (Wildman–Crippen MR) is 74.0 cm³/mol. The lowest BCUT2D eigenvalue weighted by molar-refractivity contribution is 1.02. The summed E-state index contributed by atoms with van der Waals surface area (Å²) < 4.78 is 0. The molecule has 6 heteroatoms. The van der Waals surface area contributed by atoms with Crippen molar-refractivity contribution in [1.82, 2.24) is 10.2 Å². The Morgan fingerprint density at radius 1 is 1.21 bits per heavy atom. The highest BCUT2D eigenvalue weighted by Gasteiger charge is 1.99. The van der Waals surface area contributed by atoms with Gasteiger partial charge >= 0.3 is 0 Å². The molecule has 0 aliphatic carbocycles. The molecular formula is C13H10ClN5. The average Bonchev–Trinajstić information content (AvgIpc) is 2.46. The van der Waals surface area contributed by atoms with E-state index in [1.54, 1.807) is 24.3 Å². The van der Waals surface area contributed by atoms with E-state index in [9.17, 15) is 0 Å². The largest absolute Gasteiger partial charge is 0.260 e. The molecule has 0 spiro atoms. The van der Waals surface area contributed by atoms with Crippen LogP contribution in [0.4, 0.5) is 5.82 Å². The van der Waals surface area contributed by atoms with Crippen LogP contribution < -0.4 is 5.43 Å². The first-order chi connectivity index (χ1) is 9.19. The van der Waals surface area contributed by atoms with Crippen LogP contribution in [0.2, 0.25) is 5.15 Å². The molecule has 5 nitrogen and oxygen atoms in total. The van der Waals surface area contributed by atoms with Crippen molar-refractivity contribution in [3.63, 3.8) is 0 Å². The number of nitriles is 1. The molecule has 19 heavy (non-hydrogen) atoms. The molecule has 0 radical (unpaired) electrons. The SMILES string of the molecule is C/C(=N\Nc1ccc(Cl)nn1)c1ccc(C#N)cc1. The number of hydrogen-bond acceptors (Lipinski definition) is 5. The van der Waals surface area contributed by atoms with E-state index < -0.39 is 0 Å². The molecule has 0 atom stereocenters. The van der Waals surface area contributed by atoms with Gasteiger partial charge in [-0.1, -0.05) is 23.7 Å². The quantitative estimate of drug-likeness (QED) is 0.688. The summed E-state index contributed by atoms with van der Waals surface area (Å²) in [5, 5.41) is 20.8. The van der Waals surface area contributed by atoms with Crippen LogP contribution in [0.3, 0.4) is 0 Å². The van der Waals surface area contributed by atoms with Crippen LogP contribution >= 0.6 is 11.6 Å². The molecule has 1 aromatic heterocycles. The highest BCUT2D eigenvalue weighted by Crippen LogP contribution is 2.08. The molecule has 0 unspecified atom stereocenters. The van der Waals surface area contributed by atoms with E-state index in [-0.39, 0.29) is 0 Å². The van der Waals surface area contributed by atoms with Gasteiger partial charge in [-0.2, -0.15) is 10.4 Å². The summed E-state index contributed by atoms with van der Waals surface area (Å²) in [5.41, 5.74) is 5.11. The van der Waals surface area contributed by atoms with Crippen molar-refractivity contribution in [2.75, 3.05) is 5.43 Å². The Labute approximate surface area is 115 Å². The molecule has 0 saturated heterocycles. The normalized spacial score (nSPS) is 10.9. The molecule has 0 fully saturated rings. The summed E-state index contributed by atoms with van der Waals surface area (Å²) in [5.74, 6) is 0.511. The van der Waals surface area contributed by atoms with Crippen LogP contribution in [0, 0.1) is 11.3 Å². The minimum atomic E-state index is 0.332. The highest BCUT2D eigenvalue weighted by atomic mass is 35.5. The number of rotatable bonds is 3. The van der Waals surface area contributed by atoms with E-state index in [1.165, 1.54) is 0 Å². The maximum absolute atomic E-state index is 8.72. The first-order valence-electron chi connectivity index (χ1n) is 5.49. The Morgan fingerprint density at radius 3 is 2.53 bits per heavy atom. The topological polar surface area (TPSA) is 74.0 Å². The van der Waals surface area contributed by atoms with Crippen molar-refractivity contribution in [3.05, 3.63) is 52.7 Å². The maximum Gasteiger partial charge on any atom is 0.168 e. The zero-order valence-electron chi connectivity index (χ0n) is 10.1. The molecule has 1 heterocycles. The van der Waals surface area contributed by atoms with Gasteiger partial charge in [-0.15, -0.1) is 10.2 Å². The molecule has 0 aliphatic rings. The van der Waals surface area contributed by atoms with E-state index in [2.05, 4.69) is 26.8 Å². The number of benzene rings is 1. The van der Waals surface area contributed by atoms with Gasteiger partial charge in [0.25, 0.3) is 0 Å². The molecular weight excluding hydrogens is 262 g/mol. The first kappa shape index (κ1) is 13.0. The lowest BCUT2D eigenvalue weighted by Gasteiger charge is -2.02. The lowest BCUT2D eigenvalue weighted by atomic mass is 10.1. The van der Waals surface area contributed by atoms with Gasteiger partial charge in [-0.25, -0.2) is 0 Å². The predicted octanol–water partition coefficient (Wildman–Crippen LogP) is 2.84. The number of hydrogen-bond donors (Lipinski definition) is 1. The minimum Gasteiger partial charge on any atom is -0.260 e. The second-order valence-electron chi connectivity index (χ2n) is 3.74. The Balaban J connectivity index is 2.10. The summed E-state index contributed by atoms with van der Waals surface area (Å²) >= 11 is 5.64. The van der Waals surface area contributed by atoms with Crippen LogP contribution in [-0.4, -0.2) is 15.9 Å². The Hall–Kier alpha value is -2.45. The second-order valence-corrected chi connectivity index (χ2v) is 4.13. The summed E-state index contributed by atoms with van der Waals surface area (Å²) in [7, 11) is 0. The van der Waals surface area contributed by atoms with Gasteiger partial charge in [0.05, 0.1) is 17.3 Å². The van der Waals surface area contributed by atoms with Gasteiger partial charge < -0.3 is 0 Å². The highest BCUT2D eigenvalue weighted by molar-refractivity contribution is 6.29. The molecule has 0 bridgehead atoms. The van der Waals surface area contributed by atoms with E-state index in [0.717, 1.165) is 11.3 Å². The molecule has 1 aromatic carbocycles. The second kappa shape index (κ2) is 5.94. The number of hydrazone groups is 1. The van der Waals surface area contributed by atoms with Crippen molar-refractivity contribution in [3.8, 4) is 6.07 Å². The summed E-state index contributed by atoms with van der Waals surface area (Å²) in [6.07, 6.45) is 0. The van der Waals surface area contributed by atoms with Crippen molar-refractivity contribution in [2.24, 2.45) is 5.10 Å². The Morgan fingerprint density at radius 2 is 1.95 bits per heavy atom. The van der Waals surface area contributed by atoms with Crippen LogP contribution in [0.5, 0.6) is 0 Å². The van der Waals surface area contributed by atoms with Gasteiger partial charge in [0.1, 0.15) is 0 Å². The fourth-order valence-corrected chi connectivity index (χ4v) is 1.47. The summed E-state index contributed by atoms with van der Waals surface area (Å²) in [6.45, 7) is 1.86. The summed E-state index contributed by atoms with van der Waals surface area (Å²) in [4.78, 5) is 0. The van der Waals surface area contributed by atoms with Crippen LogP contribution in [0.25, 0.3) is 0 Å². The number of aromatic nitrogens is 2. The number of halogens is 1. The van der Waals surface area contributed by atoms with Crippen molar-refractivity contribution >= 4 is 23.1 Å². The third-order valence-electron chi connectivity index (χ3n) is 2.40. The smallest absolute Gasteiger partial charge is 0.168 e. The molecule has 1 N–H and O–H groups in total. The maximum atomic E-state index is 8.72. The molecule has 2 rings (SSSR count). The molecule has 2 aromatic rings. The average molecular weight is 272 g/mol. The van der Waals surface area contributed by atoms with E-state index in [0.29, 0.717) is 16.5 Å². The lowest BCUT2D eigenvalue weighted by Crippen LogP contribution is -2.01. The fraction of sp³-hybridized carbons (Fsp3) is 0.0769. The van der Waals surface area contributed by atoms with Crippen molar-refractivity contribution in [2.45, 2.75) is 6.92 Å². The summed E-state index contributed by atoms with van der Waals surface area (Å²) in [6, 6.07) is 12.6. The zero-order chi connectivity index (χ0) is 13.7. The van der Waals surface area contributed by atoms with E-state index >= 15 is 0 Å². The van der Waals surface area contributed by atoms with Gasteiger partial charge in [-0.05, 0) is 36.8 Å². The third kappa shape index (κ3) is 3.50. The Kier molecular flexibility index (Phi) is 4.06. The van der Waals surface area contributed by atoms with E-state index in [4.69, 9.17) is 16.9 Å². The zero-order valence-corrected chi connectivity index (χ0v) is 10.9. The Bertz CT molecular complexity index is 626. The molecule has 0 aliphatic heterocycles. The first-order valence-corrected chi connectivity index (χ1v) is 5.87. The van der Waals surface area contributed by atoms with E-state index in [1.807, 2.05) is 19.1 Å². The van der Waals surface area contributed by atoms with Crippen LogP contribution in [-0.2, 0) is 0 Å². The van der Waals surface area contributed by atoms with Gasteiger partial charge in [-0.3, -0.25) is 5.43 Å². The monoisotopic (exact) mass is 271 g/mol. The molecule has 0 amide bonds. The number of anilines is 1. The third-order valence-corrected chi connectivity index (χ3v) is 2.60. The van der Waals surface area contributed by atoms with Gasteiger partial charge in [0.2, 0.25) is 0 Å². The van der Waals surface area contributed by atoms with Gasteiger partial charge in [0.15, 0.2) is 11.0 Å². The van der Waals surface area contributed by atoms with Gasteiger partial charge in [0, 0.05) is 0 Å². The van der Waals surface area contributed by atoms with Crippen LogP contribution in [0.1, 0.15) is 18.1 Å². The standard InChI is InChI=1S/C13H10ClN5/c1-9(11-4-2-10(8-15)3-5-11)16-18-13-7-6-12(14)17-19-13/h2-7H,1H3,(H,18,19)/b16-9+. The number of nitrogens with zero attached hydrogens (tertiary/aromatic N) is 4. The number of nitrogens with one attached hydrogen (secondary N) is 1.